The minimum atomic E-state index is -0.983. The van der Waals surface area contributed by atoms with Gasteiger partial charge in [0.2, 0.25) is 0 Å². The van der Waals surface area contributed by atoms with Crippen LogP contribution < -0.4 is 0 Å². The molecule has 1 heterocycles. The van der Waals surface area contributed by atoms with Crippen LogP contribution in [0.25, 0.3) is 0 Å². The van der Waals surface area contributed by atoms with Crippen molar-refractivity contribution in [3.63, 3.8) is 0 Å². The molecule has 1 saturated heterocycles. The van der Waals surface area contributed by atoms with Crippen molar-refractivity contribution < 1.29 is 15.1 Å². The van der Waals surface area contributed by atoms with Gasteiger partial charge in [-0.3, -0.25) is 10.0 Å². The van der Waals surface area contributed by atoms with E-state index >= 15 is 0 Å². The molecule has 0 bridgehead atoms. The average molecular weight is 131 g/mol. The number of aliphatic hydroxyl groups is 1. The van der Waals surface area contributed by atoms with E-state index in [0.717, 1.165) is 0 Å². The SMILES string of the molecule is O=C1C(O)CCCN1O. The predicted octanol–water partition coefficient (Wildman–Crippen LogP) is -0.641. The number of hydroxylamine groups is 2. The summed E-state index contributed by atoms with van der Waals surface area (Å²) in [6.45, 7) is 0.343. The first-order chi connectivity index (χ1) is 4.22. The Morgan fingerprint density at radius 3 is 2.78 bits per heavy atom. The maximum Gasteiger partial charge on any atom is 0.274 e. The van der Waals surface area contributed by atoms with Crippen LogP contribution in [0.5, 0.6) is 0 Å². The lowest BCUT2D eigenvalue weighted by Gasteiger charge is -2.23. The Bertz CT molecular complexity index is 113. The maximum absolute atomic E-state index is 10.6. The van der Waals surface area contributed by atoms with E-state index in [4.69, 9.17) is 10.3 Å². The minimum Gasteiger partial charge on any atom is -0.383 e. The predicted molar refractivity (Wildman–Crippen MR) is 28.7 cm³/mol. The lowest BCUT2D eigenvalue weighted by Crippen LogP contribution is -2.41. The first kappa shape index (κ1) is 6.51. The van der Waals surface area contributed by atoms with Gasteiger partial charge in [0.05, 0.1) is 0 Å². The normalized spacial score (nSPS) is 28.9. The number of carbonyl (C=O) groups excluding carboxylic acids is 1. The van der Waals surface area contributed by atoms with Crippen LogP contribution >= 0.6 is 0 Å². The summed E-state index contributed by atoms with van der Waals surface area (Å²) in [6.07, 6.45) is 0.156. The van der Waals surface area contributed by atoms with Gasteiger partial charge in [-0.1, -0.05) is 0 Å². The Labute approximate surface area is 52.7 Å². The highest BCUT2D eigenvalue weighted by Gasteiger charge is 2.24. The van der Waals surface area contributed by atoms with Crippen LogP contribution in [-0.2, 0) is 4.79 Å². The van der Waals surface area contributed by atoms with E-state index in [1.165, 1.54) is 0 Å². The van der Waals surface area contributed by atoms with Gasteiger partial charge in [-0.2, -0.15) is 0 Å². The second-order valence-corrected chi connectivity index (χ2v) is 2.12. The van der Waals surface area contributed by atoms with Crippen LogP contribution in [0.15, 0.2) is 0 Å². The van der Waals surface area contributed by atoms with Gasteiger partial charge >= 0.3 is 0 Å². The van der Waals surface area contributed by atoms with Gasteiger partial charge in [-0.25, -0.2) is 5.06 Å². The Morgan fingerprint density at radius 2 is 2.33 bits per heavy atom. The van der Waals surface area contributed by atoms with Crippen molar-refractivity contribution in [1.82, 2.24) is 5.06 Å². The van der Waals surface area contributed by atoms with Crippen molar-refractivity contribution in [2.45, 2.75) is 18.9 Å². The van der Waals surface area contributed by atoms with E-state index in [2.05, 4.69) is 0 Å². The minimum absolute atomic E-state index is 0.343. The van der Waals surface area contributed by atoms with Gasteiger partial charge in [0.15, 0.2) is 0 Å². The molecule has 0 aromatic heterocycles. The number of hydrogen-bond donors (Lipinski definition) is 2. The van der Waals surface area contributed by atoms with Crippen LogP contribution in [0.4, 0.5) is 0 Å². The lowest BCUT2D eigenvalue weighted by molar-refractivity contribution is -0.181. The van der Waals surface area contributed by atoms with Crippen molar-refractivity contribution in [1.29, 1.82) is 0 Å². The van der Waals surface area contributed by atoms with E-state index in [-0.39, 0.29) is 0 Å². The zero-order chi connectivity index (χ0) is 6.85. The van der Waals surface area contributed by atoms with E-state index in [1.54, 1.807) is 0 Å². The molecule has 0 saturated carbocycles. The van der Waals surface area contributed by atoms with Crippen molar-refractivity contribution in [2.24, 2.45) is 0 Å². The third kappa shape index (κ3) is 1.20. The first-order valence-electron chi connectivity index (χ1n) is 2.90. The Balaban J connectivity index is 2.52. The molecule has 0 spiro atoms. The van der Waals surface area contributed by atoms with Crippen molar-refractivity contribution in [3.8, 4) is 0 Å². The van der Waals surface area contributed by atoms with E-state index in [1.807, 2.05) is 0 Å². The molecule has 0 aliphatic carbocycles. The molecular formula is C5H9NO3. The summed E-state index contributed by atoms with van der Waals surface area (Å²) in [5.74, 6) is -0.582. The molecule has 4 heteroatoms. The van der Waals surface area contributed by atoms with Gasteiger partial charge in [0.25, 0.3) is 5.91 Å². The number of nitrogens with zero attached hydrogens (tertiary/aromatic N) is 1. The van der Waals surface area contributed by atoms with E-state index in [0.29, 0.717) is 24.4 Å². The van der Waals surface area contributed by atoms with E-state index in [9.17, 15) is 4.79 Å². The molecule has 4 nitrogen and oxygen atoms in total. The molecule has 0 aromatic rings. The van der Waals surface area contributed by atoms with Crippen LogP contribution in [0.2, 0.25) is 0 Å². The van der Waals surface area contributed by atoms with Gasteiger partial charge in [-0.05, 0) is 12.8 Å². The monoisotopic (exact) mass is 131 g/mol. The average Bonchev–Trinajstić information content (AvgIpc) is 1.83. The summed E-state index contributed by atoms with van der Waals surface area (Å²) in [4.78, 5) is 10.6. The highest BCUT2D eigenvalue weighted by Crippen LogP contribution is 2.08. The Morgan fingerprint density at radius 1 is 1.67 bits per heavy atom. The van der Waals surface area contributed by atoms with Crippen LogP contribution in [0.1, 0.15) is 12.8 Å². The fraction of sp³-hybridized carbons (Fsp3) is 0.800. The molecule has 52 valence electrons. The maximum atomic E-state index is 10.6. The molecule has 0 aromatic carbocycles. The summed E-state index contributed by atoms with van der Waals surface area (Å²) in [5, 5.41) is 18.0. The topological polar surface area (TPSA) is 60.8 Å². The highest BCUT2D eigenvalue weighted by molar-refractivity contribution is 5.80. The molecule has 1 aliphatic rings. The van der Waals surface area contributed by atoms with Gasteiger partial charge < -0.3 is 5.11 Å². The number of carbonyl (C=O) groups is 1. The molecule has 2 N–H and O–H groups in total. The lowest BCUT2D eigenvalue weighted by atomic mass is 10.1. The molecule has 1 unspecified atom stereocenters. The van der Waals surface area contributed by atoms with E-state index < -0.39 is 12.0 Å². The zero-order valence-corrected chi connectivity index (χ0v) is 4.95. The van der Waals surface area contributed by atoms with Gasteiger partial charge in [0.1, 0.15) is 6.10 Å². The number of amides is 1. The molecule has 1 amide bonds. The second kappa shape index (κ2) is 2.33. The van der Waals surface area contributed by atoms with Crippen molar-refractivity contribution in [2.75, 3.05) is 6.54 Å². The first-order valence-corrected chi connectivity index (χ1v) is 2.90. The largest absolute Gasteiger partial charge is 0.383 e. The number of piperidine rings is 1. The number of hydrogen-bond acceptors (Lipinski definition) is 3. The Kier molecular flexibility index (Phi) is 1.68. The molecule has 1 atom stereocenters. The smallest absolute Gasteiger partial charge is 0.274 e. The number of rotatable bonds is 0. The van der Waals surface area contributed by atoms with Crippen LogP contribution in [0.3, 0.4) is 0 Å². The third-order valence-corrected chi connectivity index (χ3v) is 1.39. The number of aliphatic hydroxyl groups excluding tert-OH is 1. The van der Waals surface area contributed by atoms with Gasteiger partial charge in [-0.15, -0.1) is 0 Å². The fourth-order valence-electron chi connectivity index (χ4n) is 0.840. The van der Waals surface area contributed by atoms with Crippen molar-refractivity contribution >= 4 is 5.91 Å². The van der Waals surface area contributed by atoms with Crippen LogP contribution in [0, 0.1) is 0 Å². The zero-order valence-electron chi connectivity index (χ0n) is 4.95. The summed E-state index contributed by atoms with van der Waals surface area (Å²) in [7, 11) is 0. The summed E-state index contributed by atoms with van der Waals surface area (Å²) in [5.41, 5.74) is 0. The molecule has 1 aliphatic heterocycles. The summed E-state index contributed by atoms with van der Waals surface area (Å²) < 4.78 is 0. The standard InChI is InChI=1S/C5H9NO3/c7-4-2-1-3-6(9)5(4)8/h4,7,9H,1-3H2. The van der Waals surface area contributed by atoms with Crippen molar-refractivity contribution in [3.05, 3.63) is 0 Å². The Hall–Kier alpha value is -0.610. The second-order valence-electron chi connectivity index (χ2n) is 2.12. The molecule has 1 rings (SSSR count). The third-order valence-electron chi connectivity index (χ3n) is 1.39. The molecule has 9 heavy (non-hydrogen) atoms. The van der Waals surface area contributed by atoms with Crippen LogP contribution in [-0.4, -0.2) is 33.9 Å². The molecular weight excluding hydrogens is 122 g/mol. The summed E-state index contributed by atoms with van der Waals surface area (Å²) >= 11 is 0. The summed E-state index contributed by atoms with van der Waals surface area (Å²) in [6, 6.07) is 0. The quantitative estimate of drug-likeness (QED) is 0.430. The molecule has 0 radical (unpaired) electrons. The molecule has 1 fully saturated rings. The highest BCUT2D eigenvalue weighted by atomic mass is 16.5. The fourth-order valence-corrected chi connectivity index (χ4v) is 0.840. The van der Waals surface area contributed by atoms with Gasteiger partial charge in [0, 0.05) is 6.54 Å².